The van der Waals surface area contributed by atoms with Crippen molar-refractivity contribution in [2.24, 2.45) is 17.8 Å². The van der Waals surface area contributed by atoms with Crippen molar-refractivity contribution in [1.82, 2.24) is 0 Å². The van der Waals surface area contributed by atoms with Crippen LogP contribution < -0.4 is 0 Å². The second-order valence-corrected chi connectivity index (χ2v) is 6.40. The highest BCUT2D eigenvalue weighted by Gasteiger charge is 2.40. The molecule has 1 aromatic carbocycles. The number of carboxylic acids is 1. The number of aliphatic hydroxyl groups is 1. The minimum atomic E-state index is -0.775. The summed E-state index contributed by atoms with van der Waals surface area (Å²) in [5.74, 6) is -1.17. The quantitative estimate of drug-likeness (QED) is 0.834. The van der Waals surface area contributed by atoms with Gasteiger partial charge < -0.3 is 10.2 Å². The third-order valence-corrected chi connectivity index (χ3v) is 4.64. The van der Waals surface area contributed by atoms with E-state index in [-0.39, 0.29) is 17.8 Å². The molecule has 1 aliphatic rings. The van der Waals surface area contributed by atoms with Gasteiger partial charge in [-0.05, 0) is 30.2 Å². The molecule has 1 fully saturated rings. The molecule has 2 N–H and O–H groups in total. The molecule has 0 aliphatic heterocycles. The highest BCUT2D eigenvalue weighted by Crippen LogP contribution is 2.45. The fourth-order valence-corrected chi connectivity index (χ4v) is 3.35. The summed E-state index contributed by atoms with van der Waals surface area (Å²) in [5.41, 5.74) is 1.91. The lowest BCUT2D eigenvalue weighted by atomic mass is 9.66. The molecular formula is C18H24O3. The van der Waals surface area contributed by atoms with E-state index >= 15 is 0 Å². The molecule has 0 spiro atoms. The smallest absolute Gasteiger partial charge is 0.307 e. The number of rotatable bonds is 4. The minimum Gasteiger partial charge on any atom is -0.481 e. The standard InChI is InChI=1S/C18H24O3/c1-11(2)17(19)14-10-15(13-7-5-4-6-8-13)16(18(20)21)9-12(14)3/h4-8,11,14-17,19H,3,9-10H2,1-2H3,(H,20,21)/t14-,15-,16+,17-/m1/s1. The summed E-state index contributed by atoms with van der Waals surface area (Å²) in [4.78, 5) is 11.6. The predicted octanol–water partition coefficient (Wildman–Crippen LogP) is 3.45. The second kappa shape index (κ2) is 6.44. The third kappa shape index (κ3) is 3.35. The first-order valence-electron chi connectivity index (χ1n) is 7.55. The molecule has 0 unspecified atom stereocenters. The van der Waals surface area contributed by atoms with Gasteiger partial charge in [-0.3, -0.25) is 4.79 Å². The van der Waals surface area contributed by atoms with Crippen molar-refractivity contribution in [3.05, 3.63) is 48.0 Å². The normalized spacial score (nSPS) is 27.6. The number of hydrogen-bond acceptors (Lipinski definition) is 2. The van der Waals surface area contributed by atoms with Crippen LogP contribution in [-0.2, 0) is 4.79 Å². The van der Waals surface area contributed by atoms with Gasteiger partial charge in [0.15, 0.2) is 0 Å². The van der Waals surface area contributed by atoms with E-state index in [1.54, 1.807) is 0 Å². The summed E-state index contributed by atoms with van der Waals surface area (Å²) in [6, 6.07) is 9.76. The zero-order valence-corrected chi connectivity index (χ0v) is 12.7. The Morgan fingerprint density at radius 2 is 1.90 bits per heavy atom. The molecule has 0 radical (unpaired) electrons. The maximum atomic E-state index is 11.6. The van der Waals surface area contributed by atoms with Gasteiger partial charge in [0.2, 0.25) is 0 Å². The van der Waals surface area contributed by atoms with Crippen LogP contribution in [0.1, 0.15) is 38.2 Å². The fraction of sp³-hybridized carbons (Fsp3) is 0.500. The maximum absolute atomic E-state index is 11.6. The van der Waals surface area contributed by atoms with Crippen molar-refractivity contribution in [1.29, 1.82) is 0 Å². The van der Waals surface area contributed by atoms with Gasteiger partial charge in [-0.25, -0.2) is 0 Å². The summed E-state index contributed by atoms with van der Waals surface area (Å²) in [6.07, 6.45) is 0.640. The summed E-state index contributed by atoms with van der Waals surface area (Å²) in [7, 11) is 0. The van der Waals surface area contributed by atoms with Crippen LogP contribution >= 0.6 is 0 Å². The molecule has 3 heteroatoms. The largest absolute Gasteiger partial charge is 0.481 e. The van der Waals surface area contributed by atoms with Gasteiger partial charge in [-0.15, -0.1) is 0 Å². The highest BCUT2D eigenvalue weighted by molar-refractivity contribution is 5.72. The monoisotopic (exact) mass is 288 g/mol. The van der Waals surface area contributed by atoms with E-state index < -0.39 is 18.0 Å². The van der Waals surface area contributed by atoms with Gasteiger partial charge >= 0.3 is 5.97 Å². The second-order valence-electron chi connectivity index (χ2n) is 6.40. The topological polar surface area (TPSA) is 57.5 Å². The van der Waals surface area contributed by atoms with Crippen molar-refractivity contribution in [2.75, 3.05) is 0 Å². The average Bonchev–Trinajstić information content (AvgIpc) is 2.47. The van der Waals surface area contributed by atoms with Gasteiger partial charge in [0, 0.05) is 5.92 Å². The average molecular weight is 288 g/mol. The summed E-state index contributed by atoms with van der Waals surface area (Å²) in [6.45, 7) is 8.01. The number of carbonyl (C=O) groups is 1. The highest BCUT2D eigenvalue weighted by atomic mass is 16.4. The Morgan fingerprint density at radius 1 is 1.29 bits per heavy atom. The van der Waals surface area contributed by atoms with Crippen LogP contribution in [0.2, 0.25) is 0 Å². The lowest BCUT2D eigenvalue weighted by Crippen LogP contribution is -2.37. The molecule has 0 aromatic heterocycles. The zero-order chi connectivity index (χ0) is 15.6. The Bertz CT molecular complexity index is 506. The van der Waals surface area contributed by atoms with Gasteiger partial charge in [0.1, 0.15) is 0 Å². The Kier molecular flexibility index (Phi) is 4.84. The molecule has 3 nitrogen and oxygen atoms in total. The SMILES string of the molecule is C=C1C[C@H](C(=O)O)[C@@H](c2ccccc2)C[C@H]1[C@H](O)C(C)C. The number of aliphatic hydroxyl groups excluding tert-OH is 1. The number of aliphatic carboxylic acids is 1. The molecule has 2 rings (SSSR count). The van der Waals surface area contributed by atoms with E-state index in [1.807, 2.05) is 44.2 Å². The molecule has 0 heterocycles. The Hall–Kier alpha value is -1.61. The molecule has 1 saturated carbocycles. The Balaban J connectivity index is 2.30. The van der Waals surface area contributed by atoms with Gasteiger partial charge in [-0.1, -0.05) is 56.3 Å². The maximum Gasteiger partial charge on any atom is 0.307 e. The van der Waals surface area contributed by atoms with Crippen molar-refractivity contribution in [3.63, 3.8) is 0 Å². The van der Waals surface area contributed by atoms with Crippen LogP contribution in [0.25, 0.3) is 0 Å². The Morgan fingerprint density at radius 3 is 2.43 bits per heavy atom. The van der Waals surface area contributed by atoms with Crippen LogP contribution in [0.4, 0.5) is 0 Å². The van der Waals surface area contributed by atoms with Crippen LogP contribution in [0.5, 0.6) is 0 Å². The minimum absolute atomic E-state index is 0.0224. The van der Waals surface area contributed by atoms with Crippen LogP contribution in [0, 0.1) is 17.8 Å². The Labute approximate surface area is 126 Å². The van der Waals surface area contributed by atoms with E-state index in [0.29, 0.717) is 12.8 Å². The van der Waals surface area contributed by atoms with E-state index in [0.717, 1.165) is 11.1 Å². The molecule has 1 aromatic rings. The molecule has 114 valence electrons. The van der Waals surface area contributed by atoms with E-state index in [2.05, 4.69) is 6.58 Å². The fourth-order valence-electron chi connectivity index (χ4n) is 3.35. The number of carboxylic acid groups (broad SMARTS) is 1. The lowest BCUT2D eigenvalue weighted by molar-refractivity contribution is -0.143. The van der Waals surface area contributed by atoms with Crippen LogP contribution in [0.15, 0.2) is 42.5 Å². The summed E-state index contributed by atoms with van der Waals surface area (Å²) < 4.78 is 0. The molecule has 21 heavy (non-hydrogen) atoms. The molecule has 1 aliphatic carbocycles. The summed E-state index contributed by atoms with van der Waals surface area (Å²) in [5, 5.41) is 19.9. The van der Waals surface area contributed by atoms with Crippen molar-refractivity contribution >= 4 is 5.97 Å². The molecule has 0 amide bonds. The summed E-state index contributed by atoms with van der Waals surface area (Å²) >= 11 is 0. The predicted molar refractivity (Wildman–Crippen MR) is 83.0 cm³/mol. The number of hydrogen-bond donors (Lipinski definition) is 2. The first kappa shape index (κ1) is 15.8. The lowest BCUT2D eigenvalue weighted by Gasteiger charge is -2.39. The van der Waals surface area contributed by atoms with E-state index in [4.69, 9.17) is 0 Å². The molecular weight excluding hydrogens is 264 g/mol. The van der Waals surface area contributed by atoms with Gasteiger partial charge in [0.05, 0.1) is 12.0 Å². The molecule has 4 atom stereocenters. The number of benzene rings is 1. The van der Waals surface area contributed by atoms with Gasteiger partial charge in [-0.2, -0.15) is 0 Å². The first-order valence-corrected chi connectivity index (χ1v) is 7.55. The third-order valence-electron chi connectivity index (χ3n) is 4.64. The van der Waals surface area contributed by atoms with Crippen molar-refractivity contribution in [2.45, 2.75) is 38.7 Å². The van der Waals surface area contributed by atoms with E-state index in [1.165, 1.54) is 0 Å². The van der Waals surface area contributed by atoms with Gasteiger partial charge in [0.25, 0.3) is 0 Å². The first-order chi connectivity index (χ1) is 9.91. The van der Waals surface area contributed by atoms with Crippen LogP contribution in [0.3, 0.4) is 0 Å². The van der Waals surface area contributed by atoms with Crippen molar-refractivity contribution < 1.29 is 15.0 Å². The van der Waals surface area contributed by atoms with Crippen molar-refractivity contribution in [3.8, 4) is 0 Å². The zero-order valence-electron chi connectivity index (χ0n) is 12.7. The van der Waals surface area contributed by atoms with E-state index in [9.17, 15) is 15.0 Å². The molecule has 0 bridgehead atoms. The molecule has 0 saturated heterocycles. The van der Waals surface area contributed by atoms with Crippen LogP contribution in [-0.4, -0.2) is 22.3 Å².